The van der Waals surface area contributed by atoms with Crippen LogP contribution in [0.1, 0.15) is 25.6 Å². The Morgan fingerprint density at radius 1 is 0.969 bits per heavy atom. The molecule has 0 saturated heterocycles. The maximum Gasteiger partial charge on any atom is 0.262 e. The number of thiophene rings is 1. The van der Waals surface area contributed by atoms with Crippen LogP contribution in [0, 0.1) is 0 Å². The van der Waals surface area contributed by atoms with E-state index < -0.39 is 6.04 Å². The smallest absolute Gasteiger partial charge is 0.262 e. The van der Waals surface area contributed by atoms with Gasteiger partial charge in [0.2, 0.25) is 5.91 Å². The fourth-order valence-electron chi connectivity index (χ4n) is 3.45. The normalized spacial score (nSPS) is 11.7. The number of carbonyl (C=O) groups excluding carboxylic acids is 3. The van der Waals surface area contributed by atoms with Gasteiger partial charge in [0.15, 0.2) is 0 Å². The Bertz CT molecular complexity index is 1250. The number of hydrogen-bond acceptors (Lipinski definition) is 4. The van der Waals surface area contributed by atoms with E-state index in [0.717, 1.165) is 16.5 Å². The van der Waals surface area contributed by atoms with Crippen molar-refractivity contribution in [3.8, 4) is 0 Å². The molecule has 2 heterocycles. The highest BCUT2D eigenvalue weighted by Gasteiger charge is 2.24. The minimum absolute atomic E-state index is 0.205. The maximum absolute atomic E-state index is 13.1. The van der Waals surface area contributed by atoms with Crippen LogP contribution in [0.2, 0.25) is 0 Å². The maximum atomic E-state index is 13.1. The summed E-state index contributed by atoms with van der Waals surface area (Å²) in [6.07, 6.45) is 2.18. The molecule has 4 rings (SSSR count). The summed E-state index contributed by atoms with van der Waals surface area (Å²) >= 11 is 1.32. The van der Waals surface area contributed by atoms with E-state index in [1.54, 1.807) is 43.4 Å². The van der Waals surface area contributed by atoms with Gasteiger partial charge in [0.25, 0.3) is 11.8 Å². The van der Waals surface area contributed by atoms with Crippen molar-refractivity contribution in [1.82, 2.24) is 15.6 Å². The number of hydrogen-bond donors (Lipinski definition) is 4. The van der Waals surface area contributed by atoms with Crippen LogP contribution in [0.3, 0.4) is 0 Å². The van der Waals surface area contributed by atoms with Gasteiger partial charge >= 0.3 is 0 Å². The van der Waals surface area contributed by atoms with Gasteiger partial charge in [-0.2, -0.15) is 0 Å². The molecule has 7 nitrogen and oxygen atoms in total. The molecule has 0 saturated carbocycles. The number of anilines is 1. The van der Waals surface area contributed by atoms with Crippen LogP contribution in [0.4, 0.5) is 5.69 Å². The van der Waals surface area contributed by atoms with Crippen LogP contribution < -0.4 is 16.0 Å². The standard InChI is InChI=1S/C24H22N4O3S/c1-25-22(29)15-8-10-17(11-9-15)27-23(30)20(28-24(31)21-7-4-12-32-21)13-16-14-26-19-6-3-2-5-18(16)19/h2-12,14,20,26H,13H2,1H3,(H,25,29)(H,27,30)(H,28,31)/t20-/m0/s1. The fourth-order valence-corrected chi connectivity index (χ4v) is 4.07. The van der Waals surface area contributed by atoms with Crippen LogP contribution in [0.15, 0.2) is 72.2 Å². The number of nitrogens with one attached hydrogen (secondary N) is 4. The fraction of sp³-hybridized carbons (Fsp3) is 0.125. The monoisotopic (exact) mass is 446 g/mol. The van der Waals surface area contributed by atoms with Crippen molar-refractivity contribution in [2.75, 3.05) is 12.4 Å². The highest BCUT2D eigenvalue weighted by atomic mass is 32.1. The summed E-state index contributed by atoms with van der Waals surface area (Å²) in [4.78, 5) is 41.3. The SMILES string of the molecule is CNC(=O)c1ccc(NC(=O)[C@H](Cc2c[nH]c3ccccc23)NC(=O)c2cccs2)cc1. The Morgan fingerprint density at radius 3 is 2.47 bits per heavy atom. The van der Waals surface area contributed by atoms with Crippen LogP contribution in [0.5, 0.6) is 0 Å². The Labute approximate surface area is 188 Å². The third kappa shape index (κ3) is 4.70. The molecule has 4 N–H and O–H groups in total. The molecular formula is C24H22N4O3S. The summed E-state index contributed by atoms with van der Waals surface area (Å²) in [6.45, 7) is 0. The first-order valence-electron chi connectivity index (χ1n) is 10.1. The van der Waals surface area contributed by atoms with Gasteiger partial charge < -0.3 is 20.9 Å². The largest absolute Gasteiger partial charge is 0.361 e. The average Bonchev–Trinajstić information content (AvgIpc) is 3.49. The van der Waals surface area contributed by atoms with E-state index in [9.17, 15) is 14.4 Å². The van der Waals surface area contributed by atoms with Crippen LogP contribution in [-0.2, 0) is 11.2 Å². The first-order valence-corrected chi connectivity index (χ1v) is 11.0. The first-order chi connectivity index (χ1) is 15.5. The number of benzene rings is 2. The van der Waals surface area contributed by atoms with Gasteiger partial charge in [-0.15, -0.1) is 11.3 Å². The number of fused-ring (bicyclic) bond motifs is 1. The van der Waals surface area contributed by atoms with E-state index in [4.69, 9.17) is 0 Å². The lowest BCUT2D eigenvalue weighted by Crippen LogP contribution is -2.45. The van der Waals surface area contributed by atoms with Crippen molar-refractivity contribution in [3.05, 3.63) is 88.2 Å². The molecule has 2 aromatic heterocycles. The Morgan fingerprint density at radius 2 is 1.75 bits per heavy atom. The molecule has 0 radical (unpaired) electrons. The van der Waals surface area contributed by atoms with E-state index in [1.165, 1.54) is 11.3 Å². The van der Waals surface area contributed by atoms with Crippen LogP contribution in [0.25, 0.3) is 10.9 Å². The second-order valence-corrected chi connectivity index (χ2v) is 8.16. The Kier molecular flexibility index (Phi) is 6.32. The number of rotatable bonds is 7. The molecule has 0 fully saturated rings. The van der Waals surface area contributed by atoms with Crippen molar-refractivity contribution < 1.29 is 14.4 Å². The molecule has 0 bridgehead atoms. The molecule has 8 heteroatoms. The van der Waals surface area contributed by atoms with E-state index in [0.29, 0.717) is 22.5 Å². The molecule has 0 spiro atoms. The zero-order valence-electron chi connectivity index (χ0n) is 17.3. The topological polar surface area (TPSA) is 103 Å². The molecule has 3 amide bonds. The van der Waals surface area contributed by atoms with Gasteiger partial charge in [-0.3, -0.25) is 14.4 Å². The lowest BCUT2D eigenvalue weighted by molar-refractivity contribution is -0.118. The molecule has 162 valence electrons. The number of amides is 3. The molecule has 2 aromatic carbocycles. The molecule has 0 aliphatic heterocycles. The van der Waals surface area contributed by atoms with Crippen molar-refractivity contribution >= 4 is 45.6 Å². The summed E-state index contributed by atoms with van der Waals surface area (Å²) in [7, 11) is 1.56. The predicted octanol–water partition coefficient (Wildman–Crippen LogP) is 3.57. The molecular weight excluding hydrogens is 424 g/mol. The number of H-pyrrole nitrogens is 1. The lowest BCUT2D eigenvalue weighted by atomic mass is 10.0. The number of para-hydroxylation sites is 1. The lowest BCUT2D eigenvalue weighted by Gasteiger charge is -2.18. The third-order valence-corrected chi connectivity index (χ3v) is 5.98. The van der Waals surface area contributed by atoms with Crippen molar-refractivity contribution in [2.45, 2.75) is 12.5 Å². The van der Waals surface area contributed by atoms with Gasteiger partial charge in [-0.05, 0) is 47.3 Å². The summed E-state index contributed by atoms with van der Waals surface area (Å²) in [6, 6.07) is 17.1. The second kappa shape index (κ2) is 9.49. The van der Waals surface area contributed by atoms with E-state index >= 15 is 0 Å². The van der Waals surface area contributed by atoms with Gasteiger partial charge in [0.1, 0.15) is 6.04 Å². The minimum atomic E-state index is -0.789. The van der Waals surface area contributed by atoms with Crippen LogP contribution in [-0.4, -0.2) is 35.8 Å². The molecule has 32 heavy (non-hydrogen) atoms. The van der Waals surface area contributed by atoms with Crippen molar-refractivity contribution in [2.24, 2.45) is 0 Å². The quantitative estimate of drug-likeness (QED) is 0.349. The Hall–Kier alpha value is -3.91. The zero-order chi connectivity index (χ0) is 22.5. The molecule has 0 unspecified atom stereocenters. The highest BCUT2D eigenvalue weighted by molar-refractivity contribution is 7.12. The third-order valence-electron chi connectivity index (χ3n) is 5.11. The summed E-state index contributed by atoms with van der Waals surface area (Å²) in [5, 5.41) is 11.1. The average molecular weight is 447 g/mol. The second-order valence-electron chi connectivity index (χ2n) is 7.21. The van der Waals surface area contributed by atoms with Gasteiger partial charge in [0.05, 0.1) is 4.88 Å². The van der Waals surface area contributed by atoms with Gasteiger partial charge in [0, 0.05) is 41.8 Å². The number of aromatic nitrogens is 1. The first kappa shape index (κ1) is 21.3. The van der Waals surface area contributed by atoms with E-state index in [-0.39, 0.29) is 17.7 Å². The van der Waals surface area contributed by atoms with Gasteiger partial charge in [-0.1, -0.05) is 24.3 Å². The van der Waals surface area contributed by atoms with Crippen molar-refractivity contribution in [3.63, 3.8) is 0 Å². The molecule has 4 aromatic rings. The van der Waals surface area contributed by atoms with Crippen LogP contribution >= 0.6 is 11.3 Å². The molecule has 0 aliphatic rings. The zero-order valence-corrected chi connectivity index (χ0v) is 18.2. The van der Waals surface area contributed by atoms with Crippen molar-refractivity contribution in [1.29, 1.82) is 0 Å². The van der Waals surface area contributed by atoms with E-state index in [2.05, 4.69) is 20.9 Å². The summed E-state index contributed by atoms with van der Waals surface area (Å²) in [5.41, 5.74) is 2.93. The molecule has 0 aliphatic carbocycles. The predicted molar refractivity (Wildman–Crippen MR) is 126 cm³/mol. The highest BCUT2D eigenvalue weighted by Crippen LogP contribution is 2.20. The number of carbonyl (C=O) groups is 3. The number of aromatic amines is 1. The summed E-state index contributed by atoms with van der Waals surface area (Å²) < 4.78 is 0. The molecule has 1 atom stereocenters. The van der Waals surface area contributed by atoms with Gasteiger partial charge in [-0.25, -0.2) is 0 Å². The summed E-state index contributed by atoms with van der Waals surface area (Å²) in [5.74, 6) is -0.842. The Balaban J connectivity index is 1.55. The van der Waals surface area contributed by atoms with E-state index in [1.807, 2.05) is 35.8 Å². The minimum Gasteiger partial charge on any atom is -0.361 e.